The van der Waals surface area contributed by atoms with Crippen LogP contribution in [0.3, 0.4) is 0 Å². The van der Waals surface area contributed by atoms with Gasteiger partial charge in [0.1, 0.15) is 0 Å². The molecule has 3 rings (SSSR count). The highest BCUT2D eigenvalue weighted by atomic mass is 32.2. The number of nitrogens with zero attached hydrogens (tertiary/aromatic N) is 2. The second-order valence-electron chi connectivity index (χ2n) is 5.12. The Bertz CT molecular complexity index is 793. The molecule has 2 unspecified atom stereocenters. The smallest absolute Gasteiger partial charge is 0.249 e. The van der Waals surface area contributed by atoms with Crippen molar-refractivity contribution in [2.45, 2.75) is 24.4 Å². The second kappa shape index (κ2) is 4.92. The van der Waals surface area contributed by atoms with Gasteiger partial charge in [-0.2, -0.15) is 4.98 Å². The number of nitrogens with one attached hydrogen (secondary N) is 2. The van der Waals surface area contributed by atoms with E-state index < -0.39 is 9.84 Å². The molecule has 2 N–H and O–H groups in total. The van der Waals surface area contributed by atoms with Gasteiger partial charge in [-0.25, -0.2) is 13.5 Å². The number of thiophene rings is 1. The Labute approximate surface area is 125 Å². The summed E-state index contributed by atoms with van der Waals surface area (Å²) >= 11 is 1.70. The molecule has 1 aliphatic rings. The van der Waals surface area contributed by atoms with Crippen molar-refractivity contribution in [2.75, 3.05) is 11.6 Å². The highest BCUT2D eigenvalue weighted by Crippen LogP contribution is 2.50. The summed E-state index contributed by atoms with van der Waals surface area (Å²) < 4.78 is 22.5. The van der Waals surface area contributed by atoms with E-state index in [1.54, 1.807) is 11.3 Å². The van der Waals surface area contributed by atoms with Crippen molar-refractivity contribution in [3.05, 3.63) is 21.9 Å². The standard InChI is InChI=1S/C12H14N4O3S2/c1-6-3-4-9(20-6)7-5-8(7)10(17)13-11-14-12(16-15-11)21(2,18)19/h3-4,7-8H,5H2,1-2H3,(H2,13,14,15,16,17). The molecule has 0 bridgehead atoms. The highest BCUT2D eigenvalue weighted by Gasteiger charge is 2.45. The minimum atomic E-state index is -3.45. The van der Waals surface area contributed by atoms with E-state index in [1.807, 2.05) is 19.1 Å². The lowest BCUT2D eigenvalue weighted by atomic mass is 10.2. The van der Waals surface area contributed by atoms with Crippen molar-refractivity contribution in [2.24, 2.45) is 5.92 Å². The summed E-state index contributed by atoms with van der Waals surface area (Å²) in [5.74, 6) is -0.0289. The average molecular weight is 326 g/mol. The summed E-state index contributed by atoms with van der Waals surface area (Å²) in [6, 6.07) is 4.09. The maximum absolute atomic E-state index is 12.1. The molecule has 112 valence electrons. The molecule has 2 heterocycles. The highest BCUT2D eigenvalue weighted by molar-refractivity contribution is 7.90. The second-order valence-corrected chi connectivity index (χ2v) is 8.37. The predicted molar refractivity (Wildman–Crippen MR) is 78.0 cm³/mol. The molecule has 1 amide bonds. The number of aromatic nitrogens is 3. The molecular weight excluding hydrogens is 312 g/mol. The fourth-order valence-electron chi connectivity index (χ4n) is 2.12. The number of carbonyl (C=O) groups excluding carboxylic acids is 1. The van der Waals surface area contributed by atoms with Crippen LogP contribution in [0, 0.1) is 12.8 Å². The van der Waals surface area contributed by atoms with Crippen LogP contribution in [0.1, 0.15) is 22.1 Å². The van der Waals surface area contributed by atoms with Gasteiger partial charge in [-0.1, -0.05) is 0 Å². The Morgan fingerprint density at radius 3 is 2.81 bits per heavy atom. The molecule has 9 heteroatoms. The van der Waals surface area contributed by atoms with Gasteiger partial charge in [0.15, 0.2) is 0 Å². The lowest BCUT2D eigenvalue weighted by molar-refractivity contribution is -0.117. The summed E-state index contributed by atoms with van der Waals surface area (Å²) in [6.07, 6.45) is 1.82. The van der Waals surface area contributed by atoms with E-state index in [0.29, 0.717) is 0 Å². The molecule has 21 heavy (non-hydrogen) atoms. The van der Waals surface area contributed by atoms with E-state index in [9.17, 15) is 13.2 Å². The minimum Gasteiger partial charge on any atom is -0.293 e. The third-order valence-corrected chi connectivity index (χ3v) is 5.32. The van der Waals surface area contributed by atoms with E-state index >= 15 is 0 Å². The summed E-state index contributed by atoms with van der Waals surface area (Å²) in [6.45, 7) is 2.03. The maximum Gasteiger partial charge on any atom is 0.249 e. The van der Waals surface area contributed by atoms with Gasteiger partial charge >= 0.3 is 0 Å². The molecule has 1 aliphatic carbocycles. The average Bonchev–Trinajstić information content (AvgIpc) is 2.83. The fourth-order valence-corrected chi connectivity index (χ4v) is 3.64. The van der Waals surface area contributed by atoms with Crippen molar-refractivity contribution in [1.29, 1.82) is 0 Å². The normalized spacial score (nSPS) is 21.2. The van der Waals surface area contributed by atoms with Gasteiger partial charge in [-0.05, 0) is 25.5 Å². The van der Waals surface area contributed by atoms with Gasteiger partial charge in [0, 0.05) is 27.8 Å². The van der Waals surface area contributed by atoms with Crippen molar-refractivity contribution in [3.8, 4) is 0 Å². The number of aromatic amines is 1. The van der Waals surface area contributed by atoms with E-state index in [2.05, 4.69) is 20.5 Å². The third-order valence-electron chi connectivity index (χ3n) is 3.30. The Hall–Kier alpha value is -1.74. The zero-order valence-electron chi connectivity index (χ0n) is 11.5. The number of hydrogen-bond acceptors (Lipinski definition) is 6. The van der Waals surface area contributed by atoms with Crippen LogP contribution < -0.4 is 5.32 Å². The number of hydrogen-bond donors (Lipinski definition) is 2. The number of H-pyrrole nitrogens is 1. The first-order valence-electron chi connectivity index (χ1n) is 6.34. The van der Waals surface area contributed by atoms with Crippen LogP contribution in [0.4, 0.5) is 5.95 Å². The first kappa shape index (κ1) is 14.2. The molecule has 0 saturated heterocycles. The predicted octanol–water partition coefficient (Wildman–Crippen LogP) is 1.32. The van der Waals surface area contributed by atoms with E-state index in [1.165, 1.54) is 9.75 Å². The van der Waals surface area contributed by atoms with Crippen LogP contribution in [0.25, 0.3) is 0 Å². The van der Waals surface area contributed by atoms with Crippen molar-refractivity contribution >= 4 is 33.0 Å². The molecule has 2 aromatic rings. The Kier molecular flexibility index (Phi) is 3.33. The Morgan fingerprint density at radius 1 is 1.48 bits per heavy atom. The quantitative estimate of drug-likeness (QED) is 0.881. The van der Waals surface area contributed by atoms with Gasteiger partial charge in [-0.15, -0.1) is 16.4 Å². The van der Waals surface area contributed by atoms with Gasteiger partial charge in [0.2, 0.25) is 26.8 Å². The zero-order valence-corrected chi connectivity index (χ0v) is 13.1. The Balaban J connectivity index is 1.64. The molecule has 0 radical (unpaired) electrons. The molecule has 0 aliphatic heterocycles. The van der Waals surface area contributed by atoms with Crippen LogP contribution >= 0.6 is 11.3 Å². The van der Waals surface area contributed by atoms with Crippen molar-refractivity contribution < 1.29 is 13.2 Å². The van der Waals surface area contributed by atoms with Gasteiger partial charge in [0.05, 0.1) is 0 Å². The molecule has 0 aromatic carbocycles. The molecule has 2 atom stereocenters. The fraction of sp³-hybridized carbons (Fsp3) is 0.417. The Morgan fingerprint density at radius 2 is 2.24 bits per heavy atom. The number of sulfone groups is 1. The summed E-state index contributed by atoms with van der Waals surface area (Å²) in [5.41, 5.74) is 0. The van der Waals surface area contributed by atoms with Gasteiger partial charge < -0.3 is 0 Å². The number of aryl methyl sites for hydroxylation is 1. The van der Waals surface area contributed by atoms with Crippen LogP contribution in [0.15, 0.2) is 17.3 Å². The number of carbonyl (C=O) groups is 1. The SMILES string of the molecule is Cc1ccc(C2CC2C(=O)Nc2n[nH]c(S(C)(=O)=O)n2)s1. The third kappa shape index (κ3) is 2.98. The molecule has 2 aromatic heterocycles. The number of amides is 1. The first-order valence-corrected chi connectivity index (χ1v) is 9.05. The lowest BCUT2D eigenvalue weighted by Crippen LogP contribution is -2.15. The number of anilines is 1. The van der Waals surface area contributed by atoms with Crippen LogP contribution in [0.2, 0.25) is 0 Å². The van der Waals surface area contributed by atoms with E-state index in [4.69, 9.17) is 0 Å². The molecule has 7 nitrogen and oxygen atoms in total. The van der Waals surface area contributed by atoms with E-state index in [-0.39, 0.29) is 28.8 Å². The van der Waals surface area contributed by atoms with Gasteiger partial charge in [0.25, 0.3) is 0 Å². The molecular formula is C12H14N4O3S2. The zero-order chi connectivity index (χ0) is 15.2. The summed E-state index contributed by atoms with van der Waals surface area (Å²) in [7, 11) is -3.45. The molecule has 1 saturated carbocycles. The topological polar surface area (TPSA) is 105 Å². The lowest BCUT2D eigenvalue weighted by Gasteiger charge is -1.98. The number of rotatable bonds is 4. The molecule has 1 fully saturated rings. The summed E-state index contributed by atoms with van der Waals surface area (Å²) in [5, 5.41) is 8.28. The van der Waals surface area contributed by atoms with Crippen molar-refractivity contribution in [3.63, 3.8) is 0 Å². The maximum atomic E-state index is 12.1. The largest absolute Gasteiger partial charge is 0.293 e. The minimum absolute atomic E-state index is 0.00608. The van der Waals surface area contributed by atoms with Crippen molar-refractivity contribution in [1.82, 2.24) is 15.2 Å². The van der Waals surface area contributed by atoms with Crippen LogP contribution in [-0.2, 0) is 14.6 Å². The monoisotopic (exact) mass is 326 g/mol. The van der Waals surface area contributed by atoms with E-state index in [0.717, 1.165) is 12.7 Å². The molecule has 0 spiro atoms. The van der Waals surface area contributed by atoms with Crippen LogP contribution in [0.5, 0.6) is 0 Å². The summed E-state index contributed by atoms with van der Waals surface area (Å²) in [4.78, 5) is 18.3. The first-order chi connectivity index (χ1) is 9.84. The van der Waals surface area contributed by atoms with Crippen LogP contribution in [-0.4, -0.2) is 35.8 Å². The van der Waals surface area contributed by atoms with Gasteiger partial charge in [-0.3, -0.25) is 10.1 Å².